The molecule has 0 saturated heterocycles. The first kappa shape index (κ1) is 28.2. The predicted octanol–water partition coefficient (Wildman–Crippen LogP) is 13.1. The van der Waals surface area contributed by atoms with Crippen molar-refractivity contribution in [1.29, 1.82) is 0 Å². The quantitative estimate of drug-likeness (QED) is 0.179. The van der Waals surface area contributed by atoms with Gasteiger partial charge >= 0.3 is 0 Å². The zero-order valence-electron chi connectivity index (χ0n) is 28.7. The van der Waals surface area contributed by atoms with E-state index in [0.717, 1.165) is 6.42 Å². The van der Waals surface area contributed by atoms with E-state index in [1.54, 1.807) is 0 Å². The number of hydrogen-bond donors (Lipinski definition) is 0. The van der Waals surface area contributed by atoms with Crippen LogP contribution in [0.2, 0.25) is 0 Å². The van der Waals surface area contributed by atoms with Gasteiger partial charge in [0.15, 0.2) is 0 Å². The Bertz CT molecular complexity index is 3330. The monoisotopic (exact) mass is 663 g/mol. The topological polar surface area (TPSA) is 14.3 Å². The minimum absolute atomic E-state index is 0.572. The lowest BCUT2D eigenvalue weighted by molar-refractivity contribution is 0.735. The highest BCUT2D eigenvalue weighted by Gasteiger charge is 2.24. The lowest BCUT2D eigenvalue weighted by atomic mass is 9.97. The fraction of sp³-hybridized carbons (Fsp3) is 0.0612. The largest absolute Gasteiger partial charge is 0.310 e. The maximum Gasteiger partial charge on any atom is 0.0621 e. The van der Waals surface area contributed by atoms with Crippen LogP contribution in [0, 0.1) is 5.92 Å². The van der Waals surface area contributed by atoms with Crippen molar-refractivity contribution < 1.29 is 0 Å². The third-order valence-electron chi connectivity index (χ3n) is 11.7. The molecule has 0 N–H and O–H groups in total. The molecule has 12 rings (SSSR count). The lowest BCUT2D eigenvalue weighted by Crippen LogP contribution is -2.00. The highest BCUT2D eigenvalue weighted by Crippen LogP contribution is 2.47. The Morgan fingerprint density at radius 1 is 0.462 bits per heavy atom. The smallest absolute Gasteiger partial charge is 0.0621 e. The van der Waals surface area contributed by atoms with Crippen molar-refractivity contribution in [2.24, 2.45) is 5.92 Å². The molecule has 4 aromatic heterocycles. The number of allylic oxidation sites excluding steroid dienone is 4. The molecule has 0 saturated carbocycles. The zero-order chi connectivity index (χ0) is 34.1. The minimum Gasteiger partial charge on any atom is -0.310 e. The van der Waals surface area contributed by atoms with Crippen molar-refractivity contribution in [1.82, 2.24) is 13.5 Å². The van der Waals surface area contributed by atoms with Crippen molar-refractivity contribution in [2.75, 3.05) is 0 Å². The van der Waals surface area contributed by atoms with E-state index in [1.807, 2.05) is 0 Å². The number of aromatic nitrogens is 3. The van der Waals surface area contributed by atoms with Crippen LogP contribution in [0.4, 0.5) is 0 Å². The molecule has 3 nitrogen and oxygen atoms in total. The summed E-state index contributed by atoms with van der Waals surface area (Å²) in [6.07, 6.45) is 8.09. The third-order valence-corrected chi connectivity index (χ3v) is 11.7. The summed E-state index contributed by atoms with van der Waals surface area (Å²) in [7, 11) is 0. The van der Waals surface area contributed by atoms with Crippen molar-refractivity contribution in [3.8, 4) is 16.8 Å². The van der Waals surface area contributed by atoms with E-state index in [4.69, 9.17) is 0 Å². The summed E-state index contributed by atoms with van der Waals surface area (Å²) in [6.45, 7) is 2.28. The summed E-state index contributed by atoms with van der Waals surface area (Å²) in [4.78, 5) is 0. The molecule has 52 heavy (non-hydrogen) atoms. The molecule has 1 aliphatic rings. The molecule has 1 unspecified atom stereocenters. The Morgan fingerprint density at radius 2 is 1.06 bits per heavy atom. The molecular weight excluding hydrogens is 631 g/mol. The molecule has 0 amide bonds. The van der Waals surface area contributed by atoms with Crippen LogP contribution in [0.3, 0.4) is 0 Å². The average molecular weight is 664 g/mol. The first-order valence-electron chi connectivity index (χ1n) is 18.3. The Balaban J connectivity index is 1.19. The molecule has 0 aliphatic heterocycles. The highest BCUT2D eigenvalue weighted by atomic mass is 15.0. The molecule has 4 heterocycles. The van der Waals surface area contributed by atoms with E-state index in [-0.39, 0.29) is 0 Å². The number of rotatable bonds is 3. The van der Waals surface area contributed by atoms with Crippen molar-refractivity contribution >= 4 is 87.4 Å². The molecule has 1 atom stereocenters. The molecule has 3 heteroatoms. The number of nitrogens with zero attached hydrogens (tertiary/aromatic N) is 3. The van der Waals surface area contributed by atoms with Crippen LogP contribution in [-0.4, -0.2) is 13.5 Å². The second kappa shape index (κ2) is 10.2. The summed E-state index contributed by atoms with van der Waals surface area (Å²) >= 11 is 0. The van der Waals surface area contributed by atoms with Gasteiger partial charge in [0.05, 0.1) is 38.6 Å². The summed E-state index contributed by atoms with van der Waals surface area (Å²) in [5, 5.41) is 10.4. The van der Waals surface area contributed by atoms with Crippen LogP contribution >= 0.6 is 0 Å². The molecule has 7 aromatic carbocycles. The average Bonchev–Trinajstić information content (AvgIpc) is 3.92. The number of benzene rings is 7. The van der Waals surface area contributed by atoms with Crippen LogP contribution in [-0.2, 0) is 0 Å². The summed E-state index contributed by atoms with van der Waals surface area (Å²) in [6, 6.07) is 54.1. The zero-order valence-corrected chi connectivity index (χ0v) is 28.7. The van der Waals surface area contributed by atoms with E-state index in [2.05, 4.69) is 184 Å². The van der Waals surface area contributed by atoms with Gasteiger partial charge in [-0.05, 0) is 96.3 Å². The Labute approximate surface area is 299 Å². The van der Waals surface area contributed by atoms with E-state index in [0.29, 0.717) is 5.92 Å². The minimum atomic E-state index is 0.572. The van der Waals surface area contributed by atoms with Crippen LogP contribution in [0.5, 0.6) is 0 Å². The normalized spacial score (nSPS) is 15.2. The standard InChI is InChI=1S/C49H33N3/c1-30-19-22-34(23-20-30)50-41-16-8-5-13-35(41)38-27-31(21-24-44(38)50)32-28-39-36-14-6-9-17-42(36)52-46-26-25-45-47(48(46)40(29-32)49(39)52)37-15-7-10-18-43(37)51(45)33-11-3-2-4-12-33/h2-19,21-30H,20H2,1H3. The van der Waals surface area contributed by atoms with Gasteiger partial charge in [0, 0.05) is 54.5 Å². The Hall–Kier alpha value is -6.58. The van der Waals surface area contributed by atoms with Gasteiger partial charge in [0.1, 0.15) is 0 Å². The van der Waals surface area contributed by atoms with E-state index in [1.165, 1.54) is 104 Å². The second-order valence-corrected chi connectivity index (χ2v) is 14.6. The summed E-state index contributed by atoms with van der Waals surface area (Å²) in [5.74, 6) is 0.572. The molecule has 11 aromatic rings. The maximum absolute atomic E-state index is 2.51. The van der Waals surface area contributed by atoms with Gasteiger partial charge < -0.3 is 13.5 Å². The third kappa shape index (κ3) is 3.64. The highest BCUT2D eigenvalue weighted by molar-refractivity contribution is 6.33. The van der Waals surface area contributed by atoms with Gasteiger partial charge in [-0.1, -0.05) is 97.9 Å². The molecule has 0 fully saturated rings. The number of para-hydroxylation sites is 4. The SMILES string of the molecule is CC1C=CC(n2c3ccccc3c3cc(-c4cc5c6ccccc6n6c7ccc8c(c9ccccc9n8-c8ccccc8)c7c(c4)c56)ccc32)=CC1. The van der Waals surface area contributed by atoms with Crippen molar-refractivity contribution in [3.63, 3.8) is 0 Å². The molecule has 0 radical (unpaired) electrons. The van der Waals surface area contributed by atoms with Gasteiger partial charge in [0.25, 0.3) is 0 Å². The van der Waals surface area contributed by atoms with Crippen LogP contribution < -0.4 is 0 Å². The number of fused-ring (bicyclic) bond motifs is 13. The van der Waals surface area contributed by atoms with E-state index >= 15 is 0 Å². The van der Waals surface area contributed by atoms with Gasteiger partial charge in [0.2, 0.25) is 0 Å². The first-order chi connectivity index (χ1) is 25.7. The number of hydrogen-bond acceptors (Lipinski definition) is 0. The van der Waals surface area contributed by atoms with Crippen molar-refractivity contribution in [2.45, 2.75) is 13.3 Å². The molecule has 0 bridgehead atoms. The van der Waals surface area contributed by atoms with Gasteiger partial charge in [-0.25, -0.2) is 0 Å². The van der Waals surface area contributed by atoms with Gasteiger partial charge in [-0.2, -0.15) is 0 Å². The molecule has 1 aliphatic carbocycles. The maximum atomic E-state index is 2.51. The van der Waals surface area contributed by atoms with E-state index in [9.17, 15) is 0 Å². The Morgan fingerprint density at radius 3 is 1.85 bits per heavy atom. The molecular formula is C49H33N3. The fourth-order valence-electron chi connectivity index (χ4n) is 9.38. The van der Waals surface area contributed by atoms with Crippen LogP contribution in [0.1, 0.15) is 13.3 Å². The Kier molecular flexibility index (Phi) is 5.55. The van der Waals surface area contributed by atoms with Crippen LogP contribution in [0.15, 0.2) is 164 Å². The lowest BCUT2D eigenvalue weighted by Gasteiger charge is -2.15. The summed E-state index contributed by atoms with van der Waals surface area (Å²) < 4.78 is 7.39. The summed E-state index contributed by atoms with van der Waals surface area (Å²) in [5.41, 5.74) is 13.7. The van der Waals surface area contributed by atoms with Crippen molar-refractivity contribution in [3.05, 3.63) is 164 Å². The fourth-order valence-corrected chi connectivity index (χ4v) is 9.38. The second-order valence-electron chi connectivity index (χ2n) is 14.6. The first-order valence-corrected chi connectivity index (χ1v) is 18.3. The molecule has 0 spiro atoms. The van der Waals surface area contributed by atoms with Gasteiger partial charge in [-0.3, -0.25) is 0 Å². The van der Waals surface area contributed by atoms with Crippen LogP contribution in [0.25, 0.3) is 104 Å². The predicted molar refractivity (Wildman–Crippen MR) is 221 cm³/mol. The van der Waals surface area contributed by atoms with E-state index < -0.39 is 0 Å². The van der Waals surface area contributed by atoms with Gasteiger partial charge in [-0.15, -0.1) is 0 Å². The molecule has 244 valence electrons.